The molecule has 7 nitrogen and oxygen atoms in total. The Morgan fingerprint density at radius 3 is 1.85 bits per heavy atom. The molecule has 1 fully saturated rings. The van der Waals surface area contributed by atoms with Crippen molar-refractivity contribution in [2.75, 3.05) is 11.2 Å². The highest BCUT2D eigenvalue weighted by molar-refractivity contribution is 7.90. The van der Waals surface area contributed by atoms with E-state index in [1.807, 2.05) is 0 Å². The third-order valence-electron chi connectivity index (χ3n) is 4.47. The Balaban J connectivity index is 2.08. The molecule has 2 aromatic carbocycles. The summed E-state index contributed by atoms with van der Waals surface area (Å²) in [6, 6.07) is 11.7. The Labute approximate surface area is 151 Å². The van der Waals surface area contributed by atoms with Crippen LogP contribution in [-0.4, -0.2) is 31.6 Å². The standard InChI is InChI=1S/C18H18N2O5S/c1-26(24,25)15-8-4-13(5-9-15)20(12-2-6-14(21)7-3-12)17(23)18(10-11-18)16(19)22/h2-9,21H,10-11H2,1H3,(H2,19,22). The van der Waals surface area contributed by atoms with Crippen molar-refractivity contribution in [1.82, 2.24) is 0 Å². The Bertz CT molecular complexity index is 962. The zero-order valence-corrected chi connectivity index (χ0v) is 14.9. The van der Waals surface area contributed by atoms with Gasteiger partial charge in [0.15, 0.2) is 9.84 Å². The summed E-state index contributed by atoms with van der Waals surface area (Å²) in [4.78, 5) is 26.3. The predicted octanol–water partition coefficient (Wildman–Crippen LogP) is 1.73. The largest absolute Gasteiger partial charge is 0.508 e. The van der Waals surface area contributed by atoms with E-state index in [1.165, 1.54) is 53.4 Å². The molecule has 0 unspecified atom stereocenters. The molecule has 0 radical (unpaired) electrons. The Morgan fingerprint density at radius 2 is 1.46 bits per heavy atom. The number of rotatable bonds is 5. The van der Waals surface area contributed by atoms with Gasteiger partial charge in [-0.25, -0.2) is 8.42 Å². The van der Waals surface area contributed by atoms with Crippen LogP contribution in [0.3, 0.4) is 0 Å². The van der Waals surface area contributed by atoms with Gasteiger partial charge in [-0.15, -0.1) is 0 Å². The van der Waals surface area contributed by atoms with Gasteiger partial charge in [-0.3, -0.25) is 14.5 Å². The zero-order chi connectivity index (χ0) is 19.1. The normalized spacial score (nSPS) is 15.3. The van der Waals surface area contributed by atoms with E-state index in [0.29, 0.717) is 24.2 Å². The van der Waals surface area contributed by atoms with Crippen LogP contribution in [0.2, 0.25) is 0 Å². The van der Waals surface area contributed by atoms with Crippen molar-refractivity contribution in [2.24, 2.45) is 11.1 Å². The summed E-state index contributed by atoms with van der Waals surface area (Å²) >= 11 is 0. The van der Waals surface area contributed by atoms with E-state index in [2.05, 4.69) is 0 Å². The van der Waals surface area contributed by atoms with E-state index >= 15 is 0 Å². The first-order valence-electron chi connectivity index (χ1n) is 7.89. The average Bonchev–Trinajstić information content (AvgIpc) is 3.38. The van der Waals surface area contributed by atoms with Crippen molar-refractivity contribution in [2.45, 2.75) is 17.7 Å². The second kappa shape index (κ2) is 6.14. The minimum absolute atomic E-state index is 0.0320. The smallest absolute Gasteiger partial charge is 0.247 e. The van der Waals surface area contributed by atoms with Crippen LogP contribution in [0.4, 0.5) is 11.4 Å². The maximum atomic E-state index is 13.1. The van der Waals surface area contributed by atoms with Crippen molar-refractivity contribution in [3.8, 4) is 5.75 Å². The van der Waals surface area contributed by atoms with Gasteiger partial charge in [0.25, 0.3) is 0 Å². The van der Waals surface area contributed by atoms with Crippen LogP contribution >= 0.6 is 0 Å². The number of aromatic hydroxyl groups is 1. The number of benzene rings is 2. The molecule has 0 spiro atoms. The summed E-state index contributed by atoms with van der Waals surface area (Å²) < 4.78 is 23.3. The molecule has 0 aromatic heterocycles. The number of phenolic OH excluding ortho intramolecular Hbond substituents is 1. The van der Waals surface area contributed by atoms with Crippen LogP contribution in [0.5, 0.6) is 5.75 Å². The Morgan fingerprint density at radius 1 is 1.00 bits per heavy atom. The quantitative estimate of drug-likeness (QED) is 0.773. The second-order valence-electron chi connectivity index (χ2n) is 6.37. The van der Waals surface area contributed by atoms with Crippen LogP contribution in [0, 0.1) is 5.41 Å². The monoisotopic (exact) mass is 374 g/mol. The molecule has 0 bridgehead atoms. The van der Waals surface area contributed by atoms with Crippen LogP contribution in [0.15, 0.2) is 53.4 Å². The lowest BCUT2D eigenvalue weighted by Crippen LogP contribution is -2.41. The van der Waals surface area contributed by atoms with Crippen molar-refractivity contribution in [1.29, 1.82) is 0 Å². The molecule has 2 aromatic rings. The van der Waals surface area contributed by atoms with Crippen molar-refractivity contribution in [3.63, 3.8) is 0 Å². The molecule has 1 aliphatic rings. The lowest BCUT2D eigenvalue weighted by molar-refractivity contribution is -0.133. The van der Waals surface area contributed by atoms with Gasteiger partial charge in [-0.2, -0.15) is 0 Å². The summed E-state index contributed by atoms with van der Waals surface area (Å²) in [6.45, 7) is 0. The van der Waals surface area contributed by atoms with Crippen LogP contribution in [-0.2, 0) is 19.4 Å². The topological polar surface area (TPSA) is 118 Å². The molecule has 1 saturated carbocycles. The van der Waals surface area contributed by atoms with Crippen molar-refractivity contribution < 1.29 is 23.1 Å². The van der Waals surface area contributed by atoms with Gasteiger partial charge in [-0.1, -0.05) is 0 Å². The number of anilines is 2. The number of nitrogens with two attached hydrogens (primary N) is 1. The molecule has 3 rings (SSSR count). The Kier molecular flexibility index (Phi) is 4.23. The van der Waals surface area contributed by atoms with E-state index < -0.39 is 27.1 Å². The summed E-state index contributed by atoms with van der Waals surface area (Å²) in [6.07, 6.45) is 1.84. The molecule has 0 aliphatic heterocycles. The summed E-state index contributed by atoms with van der Waals surface area (Å²) in [7, 11) is -3.38. The van der Waals surface area contributed by atoms with Gasteiger partial charge >= 0.3 is 0 Å². The van der Waals surface area contributed by atoms with E-state index in [1.54, 1.807) is 0 Å². The number of nitrogens with zero attached hydrogens (tertiary/aromatic N) is 1. The van der Waals surface area contributed by atoms with Crippen LogP contribution < -0.4 is 10.6 Å². The predicted molar refractivity (Wildman–Crippen MR) is 95.7 cm³/mol. The maximum Gasteiger partial charge on any atom is 0.247 e. The fourth-order valence-electron chi connectivity index (χ4n) is 2.73. The van der Waals surface area contributed by atoms with Gasteiger partial charge < -0.3 is 10.8 Å². The molecule has 26 heavy (non-hydrogen) atoms. The first-order valence-corrected chi connectivity index (χ1v) is 9.78. The molecule has 0 atom stereocenters. The number of hydrogen-bond acceptors (Lipinski definition) is 5. The van der Waals surface area contributed by atoms with Gasteiger partial charge in [0.05, 0.1) is 4.90 Å². The molecular weight excluding hydrogens is 356 g/mol. The molecular formula is C18H18N2O5S. The minimum atomic E-state index is -3.38. The molecule has 0 heterocycles. The van der Waals surface area contributed by atoms with Gasteiger partial charge in [0.1, 0.15) is 11.2 Å². The highest BCUT2D eigenvalue weighted by Gasteiger charge is 2.57. The van der Waals surface area contributed by atoms with Crippen LogP contribution in [0.25, 0.3) is 0 Å². The summed E-state index contributed by atoms with van der Waals surface area (Å²) in [5, 5.41) is 9.49. The maximum absolute atomic E-state index is 13.1. The lowest BCUT2D eigenvalue weighted by atomic mass is 10.0. The van der Waals surface area contributed by atoms with E-state index in [0.717, 1.165) is 6.26 Å². The zero-order valence-electron chi connectivity index (χ0n) is 14.0. The highest BCUT2D eigenvalue weighted by Crippen LogP contribution is 2.49. The van der Waals surface area contributed by atoms with Crippen molar-refractivity contribution in [3.05, 3.63) is 48.5 Å². The summed E-state index contributed by atoms with van der Waals surface area (Å²) in [5.74, 6) is -1.12. The van der Waals surface area contributed by atoms with Crippen LogP contribution in [0.1, 0.15) is 12.8 Å². The Hall–Kier alpha value is -2.87. The molecule has 136 valence electrons. The average molecular weight is 374 g/mol. The molecule has 8 heteroatoms. The van der Waals surface area contributed by atoms with E-state index in [9.17, 15) is 23.1 Å². The first kappa shape index (κ1) is 17.9. The van der Waals surface area contributed by atoms with Gasteiger partial charge in [0.2, 0.25) is 11.8 Å². The van der Waals surface area contributed by atoms with Gasteiger partial charge in [-0.05, 0) is 61.4 Å². The molecule has 2 amide bonds. The fraction of sp³-hybridized carbons (Fsp3) is 0.222. The molecule has 0 saturated heterocycles. The third kappa shape index (κ3) is 3.15. The summed E-state index contributed by atoms with van der Waals surface area (Å²) in [5.41, 5.74) is 5.03. The van der Waals surface area contributed by atoms with E-state index in [-0.39, 0.29) is 10.6 Å². The van der Waals surface area contributed by atoms with Crippen molar-refractivity contribution >= 4 is 33.0 Å². The van der Waals surface area contributed by atoms with E-state index in [4.69, 9.17) is 5.73 Å². The first-order chi connectivity index (χ1) is 12.1. The number of phenols is 1. The number of sulfone groups is 1. The SMILES string of the molecule is CS(=O)(=O)c1ccc(N(C(=O)C2(C(N)=O)CC2)c2ccc(O)cc2)cc1. The number of hydrogen-bond donors (Lipinski definition) is 2. The third-order valence-corrected chi connectivity index (χ3v) is 5.59. The minimum Gasteiger partial charge on any atom is -0.508 e. The number of carbonyl (C=O) groups is 2. The second-order valence-corrected chi connectivity index (χ2v) is 8.39. The number of amides is 2. The lowest BCUT2D eigenvalue weighted by Gasteiger charge is -2.26. The number of carbonyl (C=O) groups excluding carboxylic acids is 2. The fourth-order valence-corrected chi connectivity index (χ4v) is 3.36. The molecule has 1 aliphatic carbocycles. The molecule has 3 N–H and O–H groups in total. The number of primary amides is 1. The van der Waals surface area contributed by atoms with Gasteiger partial charge in [0, 0.05) is 17.6 Å². The highest BCUT2D eigenvalue weighted by atomic mass is 32.2.